The monoisotopic (exact) mass is 259 g/mol. The van der Waals surface area contributed by atoms with Crippen LogP contribution in [0.3, 0.4) is 0 Å². The van der Waals surface area contributed by atoms with Gasteiger partial charge in [0.1, 0.15) is 0 Å². The van der Waals surface area contributed by atoms with Crippen LogP contribution in [-0.2, 0) is 28.9 Å². The summed E-state index contributed by atoms with van der Waals surface area (Å²) in [6.07, 6.45) is 0. The number of hydrogen-bond donors (Lipinski definition) is 1. The average molecular weight is 259 g/mol. The first-order valence-electron chi connectivity index (χ1n) is 5.94. The molecule has 0 bridgehead atoms. The highest BCUT2D eigenvalue weighted by Crippen LogP contribution is 2.10. The molecule has 0 spiro atoms. The zero-order valence-corrected chi connectivity index (χ0v) is 11.0. The topological polar surface area (TPSA) is 43.1 Å². The molecule has 0 aliphatic rings. The van der Waals surface area contributed by atoms with Crippen LogP contribution in [0.4, 0.5) is 0 Å². The van der Waals surface area contributed by atoms with E-state index in [9.17, 15) is 4.21 Å². The van der Waals surface area contributed by atoms with E-state index in [1.165, 1.54) is 0 Å². The Hall–Kier alpha value is -1.45. The fraction of sp³-hybridized carbons (Fsp3) is 0.200. The normalized spacial score (nSPS) is 12.3. The van der Waals surface area contributed by atoms with Gasteiger partial charge in [0.05, 0.1) is 0 Å². The van der Waals surface area contributed by atoms with Crippen LogP contribution in [-0.4, -0.2) is 4.21 Å². The molecule has 0 saturated carbocycles. The van der Waals surface area contributed by atoms with Crippen molar-refractivity contribution in [3.05, 3.63) is 71.3 Å². The van der Waals surface area contributed by atoms with Crippen molar-refractivity contribution < 1.29 is 4.21 Å². The average Bonchev–Trinajstić information content (AvgIpc) is 2.40. The van der Waals surface area contributed by atoms with Crippen molar-refractivity contribution in [3.8, 4) is 0 Å². The lowest BCUT2D eigenvalue weighted by molar-refractivity contribution is 0.682. The molecule has 2 rings (SSSR count). The summed E-state index contributed by atoms with van der Waals surface area (Å²) in [6, 6.07) is 17.9. The van der Waals surface area contributed by atoms with Gasteiger partial charge in [0.2, 0.25) is 0 Å². The standard InChI is InChI=1S/C15H17NOS/c16-10-13-6-8-15(9-7-13)12-18(17)11-14-4-2-1-3-5-14/h1-9H,10-12,16H2. The fourth-order valence-corrected chi connectivity index (χ4v) is 3.00. The molecule has 1 unspecified atom stereocenters. The van der Waals surface area contributed by atoms with Gasteiger partial charge in [-0.15, -0.1) is 0 Å². The number of rotatable bonds is 5. The lowest BCUT2D eigenvalue weighted by Gasteiger charge is -2.04. The molecule has 3 heteroatoms. The van der Waals surface area contributed by atoms with Gasteiger partial charge in [-0.05, 0) is 16.7 Å². The number of nitrogens with two attached hydrogens (primary N) is 1. The van der Waals surface area contributed by atoms with Crippen molar-refractivity contribution in [1.29, 1.82) is 0 Å². The van der Waals surface area contributed by atoms with Gasteiger partial charge < -0.3 is 5.73 Å². The maximum absolute atomic E-state index is 12.0. The predicted molar refractivity (Wildman–Crippen MR) is 76.3 cm³/mol. The summed E-state index contributed by atoms with van der Waals surface area (Å²) in [6.45, 7) is 0.549. The van der Waals surface area contributed by atoms with Crippen LogP contribution in [0.2, 0.25) is 0 Å². The van der Waals surface area contributed by atoms with Gasteiger partial charge in [0.25, 0.3) is 0 Å². The van der Waals surface area contributed by atoms with Crippen LogP contribution in [0.15, 0.2) is 54.6 Å². The first-order chi connectivity index (χ1) is 8.78. The Morgan fingerprint density at radius 1 is 0.778 bits per heavy atom. The molecule has 1 atom stereocenters. The number of hydrogen-bond acceptors (Lipinski definition) is 2. The van der Waals surface area contributed by atoms with E-state index in [4.69, 9.17) is 5.73 Å². The molecular weight excluding hydrogens is 242 g/mol. The summed E-state index contributed by atoms with van der Waals surface area (Å²) in [5.74, 6) is 1.21. The van der Waals surface area contributed by atoms with Crippen molar-refractivity contribution in [2.45, 2.75) is 18.1 Å². The van der Waals surface area contributed by atoms with Crippen LogP contribution >= 0.6 is 0 Å². The third kappa shape index (κ3) is 3.79. The molecule has 18 heavy (non-hydrogen) atoms. The summed E-state index contributed by atoms with van der Waals surface area (Å²) in [5, 5.41) is 0. The Kier molecular flexibility index (Phi) is 4.67. The smallest absolute Gasteiger partial charge is 0.0489 e. The minimum absolute atomic E-state index is 0.549. The Balaban J connectivity index is 1.94. The Morgan fingerprint density at radius 2 is 1.28 bits per heavy atom. The highest BCUT2D eigenvalue weighted by molar-refractivity contribution is 7.83. The molecular formula is C15H17NOS. The van der Waals surface area contributed by atoms with Crippen molar-refractivity contribution in [1.82, 2.24) is 0 Å². The lowest BCUT2D eigenvalue weighted by atomic mass is 10.1. The molecule has 94 valence electrons. The van der Waals surface area contributed by atoms with E-state index in [0.29, 0.717) is 18.1 Å². The first-order valence-corrected chi connectivity index (χ1v) is 7.43. The second-order valence-electron chi connectivity index (χ2n) is 4.23. The molecule has 0 fully saturated rings. The summed E-state index contributed by atoms with van der Waals surface area (Å²) in [5.41, 5.74) is 8.87. The molecule has 2 aromatic rings. The molecule has 2 N–H and O–H groups in total. The largest absolute Gasteiger partial charge is 0.326 e. The summed E-state index contributed by atoms with van der Waals surface area (Å²) in [7, 11) is -0.862. The second-order valence-corrected chi connectivity index (χ2v) is 5.69. The molecule has 0 aliphatic heterocycles. The van der Waals surface area contributed by atoms with Crippen LogP contribution in [0.1, 0.15) is 16.7 Å². The third-order valence-corrected chi connectivity index (χ3v) is 4.07. The van der Waals surface area contributed by atoms with Gasteiger partial charge >= 0.3 is 0 Å². The van der Waals surface area contributed by atoms with Crippen LogP contribution in [0, 0.1) is 0 Å². The summed E-state index contributed by atoms with van der Waals surface area (Å²) < 4.78 is 12.0. The Morgan fingerprint density at radius 3 is 1.83 bits per heavy atom. The molecule has 0 heterocycles. The van der Waals surface area contributed by atoms with Crippen LogP contribution in [0.5, 0.6) is 0 Å². The van der Waals surface area contributed by atoms with E-state index < -0.39 is 10.8 Å². The molecule has 0 radical (unpaired) electrons. The summed E-state index contributed by atoms with van der Waals surface area (Å²) >= 11 is 0. The van der Waals surface area contributed by atoms with Gasteiger partial charge in [-0.25, -0.2) is 0 Å². The van der Waals surface area contributed by atoms with Gasteiger partial charge in [0.15, 0.2) is 0 Å². The maximum atomic E-state index is 12.0. The van der Waals surface area contributed by atoms with Gasteiger partial charge in [-0.2, -0.15) is 0 Å². The number of benzene rings is 2. The van der Waals surface area contributed by atoms with E-state index in [0.717, 1.165) is 16.7 Å². The predicted octanol–water partition coefficient (Wildman–Crippen LogP) is 2.59. The van der Waals surface area contributed by atoms with Crippen molar-refractivity contribution >= 4 is 10.8 Å². The molecule has 2 nitrogen and oxygen atoms in total. The third-order valence-electron chi connectivity index (χ3n) is 2.76. The van der Waals surface area contributed by atoms with E-state index in [-0.39, 0.29) is 0 Å². The van der Waals surface area contributed by atoms with Gasteiger partial charge in [0, 0.05) is 28.9 Å². The van der Waals surface area contributed by atoms with Crippen LogP contribution < -0.4 is 5.73 Å². The van der Waals surface area contributed by atoms with Crippen molar-refractivity contribution in [3.63, 3.8) is 0 Å². The first kappa shape index (κ1) is 13.0. The molecule has 2 aromatic carbocycles. The Labute approximate surface area is 110 Å². The summed E-state index contributed by atoms with van der Waals surface area (Å²) in [4.78, 5) is 0. The van der Waals surface area contributed by atoms with E-state index in [1.54, 1.807) is 0 Å². The zero-order chi connectivity index (χ0) is 12.8. The lowest BCUT2D eigenvalue weighted by Crippen LogP contribution is -2.00. The van der Waals surface area contributed by atoms with Crippen LogP contribution in [0.25, 0.3) is 0 Å². The molecule has 0 amide bonds. The molecule has 0 aromatic heterocycles. The quantitative estimate of drug-likeness (QED) is 0.897. The van der Waals surface area contributed by atoms with Crippen molar-refractivity contribution in [2.24, 2.45) is 5.73 Å². The second kappa shape index (κ2) is 6.47. The molecule has 0 saturated heterocycles. The highest BCUT2D eigenvalue weighted by Gasteiger charge is 2.03. The SMILES string of the molecule is NCc1ccc(CS(=O)Cc2ccccc2)cc1. The van der Waals surface area contributed by atoms with E-state index >= 15 is 0 Å². The molecule has 0 aliphatic carbocycles. The highest BCUT2D eigenvalue weighted by atomic mass is 32.2. The van der Waals surface area contributed by atoms with Gasteiger partial charge in [-0.1, -0.05) is 54.6 Å². The van der Waals surface area contributed by atoms with E-state index in [1.807, 2.05) is 54.6 Å². The van der Waals surface area contributed by atoms with E-state index in [2.05, 4.69) is 0 Å². The minimum atomic E-state index is -0.862. The Bertz CT molecular complexity index is 508. The van der Waals surface area contributed by atoms with Crippen molar-refractivity contribution in [2.75, 3.05) is 0 Å². The fourth-order valence-electron chi connectivity index (χ4n) is 1.77. The zero-order valence-electron chi connectivity index (χ0n) is 10.2. The van der Waals surface area contributed by atoms with Gasteiger partial charge in [-0.3, -0.25) is 4.21 Å². The maximum Gasteiger partial charge on any atom is 0.0489 e. The minimum Gasteiger partial charge on any atom is -0.326 e.